The second kappa shape index (κ2) is 37.2. The van der Waals surface area contributed by atoms with Crippen LogP contribution in [0, 0.1) is 39.1 Å². The Labute approximate surface area is 667 Å². The number of hydrogen-bond acceptors (Lipinski definition) is 14. The second-order valence-corrected chi connectivity index (χ2v) is 26.5. The number of carbonyl (C=O) groups is 7. The van der Waals surface area contributed by atoms with Gasteiger partial charge in [-0.05, 0) is 302 Å². The maximum Gasteiger partial charge on any atom is 0.373 e. The number of fused-ring (bicyclic) bond motifs is 3. The number of carbonyl (C=O) groups excluding carboxylic acids is 7. The fraction of sp³-hybridized carbons (Fsp3) is 0.0417. The van der Waals surface area contributed by atoms with Crippen molar-refractivity contribution in [3.05, 3.63) is 338 Å². The van der Waals surface area contributed by atoms with Crippen molar-refractivity contribution in [2.24, 2.45) is 0 Å². The van der Waals surface area contributed by atoms with Crippen LogP contribution in [0.15, 0.2) is 279 Å². The molecule has 0 saturated carbocycles. The van der Waals surface area contributed by atoms with Gasteiger partial charge >= 0.3 is 24.1 Å². The van der Waals surface area contributed by atoms with E-state index in [0.717, 1.165) is 89.5 Å². The molecule has 114 heavy (non-hydrogen) atoms. The van der Waals surface area contributed by atoms with Crippen LogP contribution in [0.1, 0.15) is 83.9 Å². The van der Waals surface area contributed by atoms with Crippen LogP contribution in [-0.2, 0) is 39.9 Å². The number of nitrogens with zero attached hydrogens (tertiary/aromatic N) is 1. The summed E-state index contributed by atoms with van der Waals surface area (Å²) >= 11 is 2.35. The van der Waals surface area contributed by atoms with Gasteiger partial charge in [-0.3, -0.25) is 19.2 Å². The first-order valence-electron chi connectivity index (χ1n) is 35.2. The minimum Gasteiger partial charge on any atom is -0.478 e. The third-order valence-electron chi connectivity index (χ3n) is 18.1. The van der Waals surface area contributed by atoms with Crippen LogP contribution in [-0.4, -0.2) is 71.3 Å². The summed E-state index contributed by atoms with van der Waals surface area (Å²) in [5.74, 6) is 19.2. The smallest absolute Gasteiger partial charge is 0.373 e. The molecule has 14 aromatic rings. The van der Waals surface area contributed by atoms with Gasteiger partial charge in [-0.25, -0.2) is 14.4 Å². The van der Waals surface area contributed by atoms with Crippen molar-refractivity contribution in [3.63, 3.8) is 0 Å². The number of ether oxygens (including phenoxy) is 5. The Balaban J connectivity index is 0.000000347. The molecule has 0 radical (unpaired) electrons. The van der Waals surface area contributed by atoms with Gasteiger partial charge in [-0.1, -0.05) is 127 Å². The van der Waals surface area contributed by atoms with Crippen LogP contribution in [0.4, 0.5) is 0 Å². The Bertz CT molecular complexity index is 5970. The molecule has 554 valence electrons. The quantitative estimate of drug-likeness (QED) is 0.0312. The first-order chi connectivity index (χ1) is 55.5. The van der Waals surface area contributed by atoms with Crippen LogP contribution in [0.5, 0.6) is 23.0 Å². The molecule has 0 aliphatic carbocycles. The van der Waals surface area contributed by atoms with Gasteiger partial charge < -0.3 is 38.5 Å². The van der Waals surface area contributed by atoms with Crippen LogP contribution < -0.4 is 18.9 Å². The lowest BCUT2D eigenvalue weighted by Gasteiger charge is -2.09. The lowest BCUT2D eigenvalue weighted by atomic mass is 9.95. The Morgan fingerprint density at radius 2 is 0.640 bits per heavy atom. The Morgan fingerprint density at radius 1 is 0.342 bits per heavy atom. The van der Waals surface area contributed by atoms with Crippen LogP contribution in [0.25, 0.3) is 94.3 Å². The summed E-state index contributed by atoms with van der Waals surface area (Å²) in [5, 5.41) is 20.8. The second-order valence-electron chi connectivity index (χ2n) is 25.2. The largest absolute Gasteiger partial charge is 0.478 e. The van der Waals surface area contributed by atoms with Crippen molar-refractivity contribution >= 4 is 94.3 Å². The number of benzene rings is 13. The van der Waals surface area contributed by atoms with E-state index in [1.54, 1.807) is 97.1 Å². The van der Waals surface area contributed by atoms with Gasteiger partial charge in [0.2, 0.25) is 0 Å². The average molecular weight is 1610 g/mol. The van der Waals surface area contributed by atoms with Gasteiger partial charge in [0.25, 0.3) is 25.9 Å². The van der Waals surface area contributed by atoms with Crippen molar-refractivity contribution in [1.29, 1.82) is 0 Å². The molecule has 0 aliphatic rings. The van der Waals surface area contributed by atoms with Gasteiger partial charge in [0, 0.05) is 53.4 Å². The molecular formula is C96H62INO16. The SMILES string of the molecule is CCOC(=O)c1ccc(-c2cc(I)cc(-c3ccc(CC)cc3)c2)cc1.O=C=O.O=COc1ccc(-c2cc(C#Cc3cc(C#Cc4ccc(-n5c6ccc(OC=O)cc6c6cc(OC=O)ccc65)cc4)cc(C#Cc4cc(-c5ccc(OC=O)cc5)cc(-c5ccc(C(=O)O)cc5)c4)c3)cc(-c3ccc(C(=O)O)cc3)c2)cc1. The molecule has 0 unspecified atom stereocenters. The van der Waals surface area contributed by atoms with Gasteiger partial charge in [-0.15, -0.1) is 0 Å². The molecule has 0 saturated heterocycles. The number of esters is 1. The highest BCUT2D eigenvalue weighted by atomic mass is 127. The number of carboxylic acids is 2. The molecule has 14 rings (SSSR count). The molecule has 2 N–H and O–H groups in total. The standard InChI is InChI=1S/C72H41NO12.C23H21IO2.CO2/c74-42-82-63-23-17-54(18-24-63)60-36-50(34-58(38-60)52-9-13-56(14-10-52)71(78)79)5-3-48-31-47(2-1-46-7-21-62(22-8-46)73-69-29-27-65(84-44-76)40-67(69)68-41-66(85-45-77)28-30-70(68)73)32-49(33-48)4-6-51-35-59(53-11-15-57(16-12-53)72(80)81)39-61(37-51)55-19-25-64(26-20-55)83-43-75;1-3-16-5-7-17(8-6-16)20-13-21(15-22(24)14-20)18-9-11-19(12-10-18)23(25)26-4-2;2-1-3/h7-45H,(H,78,79)(H,80,81);5-15H,3-4H2,1-2H3;. The summed E-state index contributed by atoms with van der Waals surface area (Å²) in [5.41, 5.74) is 19.4. The summed E-state index contributed by atoms with van der Waals surface area (Å²) in [6.07, 6.45) is 1.30. The maximum absolute atomic E-state index is 11.8. The van der Waals surface area contributed by atoms with Gasteiger partial charge in [0.1, 0.15) is 23.0 Å². The number of rotatable bonds is 20. The average Bonchev–Trinajstić information content (AvgIpc) is 1.59. The molecule has 0 amide bonds. The first kappa shape index (κ1) is 78.3. The zero-order chi connectivity index (χ0) is 80.0. The third-order valence-corrected chi connectivity index (χ3v) is 18.7. The zero-order valence-corrected chi connectivity index (χ0v) is 62.9. The lowest BCUT2D eigenvalue weighted by molar-refractivity contribution is -0.191. The van der Waals surface area contributed by atoms with Crippen molar-refractivity contribution < 1.29 is 77.0 Å². The number of aryl methyl sites for hydroxylation is 1. The van der Waals surface area contributed by atoms with E-state index in [2.05, 4.69) is 108 Å². The van der Waals surface area contributed by atoms with Gasteiger partial charge in [0.05, 0.1) is 34.3 Å². The van der Waals surface area contributed by atoms with E-state index in [1.165, 1.54) is 20.3 Å². The summed E-state index contributed by atoms with van der Waals surface area (Å²) in [6.45, 7) is 5.82. The molecule has 0 bridgehead atoms. The molecule has 0 atom stereocenters. The van der Waals surface area contributed by atoms with Crippen molar-refractivity contribution in [1.82, 2.24) is 4.57 Å². The minimum atomic E-state index is -1.04. The number of aromatic carboxylic acids is 2. The van der Waals surface area contributed by atoms with Crippen LogP contribution in [0.3, 0.4) is 0 Å². The summed E-state index contributed by atoms with van der Waals surface area (Å²) in [6, 6.07) is 85.7. The number of hydrogen-bond donors (Lipinski definition) is 2. The number of aromatic nitrogens is 1. The molecule has 0 fully saturated rings. The summed E-state index contributed by atoms with van der Waals surface area (Å²) in [7, 11) is 0. The molecule has 1 aromatic heterocycles. The third kappa shape index (κ3) is 19.6. The van der Waals surface area contributed by atoms with Crippen LogP contribution >= 0.6 is 22.6 Å². The molecular weight excluding hydrogens is 1550 g/mol. The lowest BCUT2D eigenvalue weighted by Crippen LogP contribution is -2.03. The highest BCUT2D eigenvalue weighted by molar-refractivity contribution is 14.1. The molecule has 0 aliphatic heterocycles. The molecule has 1 heterocycles. The molecule has 0 spiro atoms. The topological polar surface area (TPSA) is 245 Å². The van der Waals surface area contributed by atoms with E-state index in [9.17, 15) is 43.8 Å². The van der Waals surface area contributed by atoms with Gasteiger partial charge in [0.15, 0.2) is 0 Å². The van der Waals surface area contributed by atoms with Crippen molar-refractivity contribution in [3.8, 4) is 131 Å². The normalized spacial score (nSPS) is 10.3. The van der Waals surface area contributed by atoms with E-state index < -0.39 is 11.9 Å². The Morgan fingerprint density at radius 3 is 0.974 bits per heavy atom. The van der Waals surface area contributed by atoms with Gasteiger partial charge in [-0.2, -0.15) is 9.59 Å². The number of halogens is 1. The summed E-state index contributed by atoms with van der Waals surface area (Å²) < 4.78 is 28.7. The molecule has 17 nitrogen and oxygen atoms in total. The fourth-order valence-corrected chi connectivity index (χ4v) is 13.3. The Hall–Kier alpha value is -15.3. The maximum atomic E-state index is 11.8. The zero-order valence-electron chi connectivity index (χ0n) is 60.7. The van der Waals surface area contributed by atoms with E-state index in [-0.39, 0.29) is 23.2 Å². The van der Waals surface area contributed by atoms with Crippen molar-refractivity contribution in [2.75, 3.05) is 6.61 Å². The minimum absolute atomic E-state index is 0.146. The van der Waals surface area contributed by atoms with E-state index >= 15 is 0 Å². The Kier molecular flexibility index (Phi) is 25.6. The predicted molar refractivity (Wildman–Crippen MR) is 441 cm³/mol. The van der Waals surface area contributed by atoms with Crippen LogP contribution in [0.2, 0.25) is 0 Å². The molecule has 18 heteroatoms. The van der Waals surface area contributed by atoms with E-state index in [1.807, 2.05) is 151 Å². The van der Waals surface area contributed by atoms with E-state index in [4.69, 9.17) is 33.3 Å². The highest BCUT2D eigenvalue weighted by Crippen LogP contribution is 2.38. The first-order valence-corrected chi connectivity index (χ1v) is 36.3. The highest BCUT2D eigenvalue weighted by Gasteiger charge is 2.17. The fourth-order valence-electron chi connectivity index (χ4n) is 12.6. The summed E-state index contributed by atoms with van der Waals surface area (Å²) in [4.78, 5) is 96.2. The predicted octanol–water partition coefficient (Wildman–Crippen LogP) is 19.0. The molecule has 13 aromatic carbocycles. The van der Waals surface area contributed by atoms with E-state index in [0.29, 0.717) is 94.4 Å². The van der Waals surface area contributed by atoms with Crippen molar-refractivity contribution in [2.45, 2.75) is 20.3 Å². The monoisotopic (exact) mass is 1610 g/mol. The number of carboxylic acid groups (broad SMARTS) is 2.